The van der Waals surface area contributed by atoms with Crippen LogP contribution in [-0.2, 0) is 5.41 Å². The van der Waals surface area contributed by atoms with E-state index in [1.807, 2.05) is 60.7 Å². The number of nitrogens with two attached hydrogens (primary N) is 1. The van der Waals surface area contributed by atoms with E-state index < -0.39 is 0 Å². The summed E-state index contributed by atoms with van der Waals surface area (Å²) in [5.74, 6) is 2.99. The van der Waals surface area contributed by atoms with Crippen LogP contribution in [0.5, 0.6) is 23.0 Å². The quantitative estimate of drug-likeness (QED) is 0.582. The van der Waals surface area contributed by atoms with Gasteiger partial charge in [0.1, 0.15) is 23.0 Å². The van der Waals surface area contributed by atoms with E-state index >= 15 is 0 Å². The third-order valence-corrected chi connectivity index (χ3v) is 3.88. The second-order valence-electron chi connectivity index (χ2n) is 7.02. The first-order chi connectivity index (χ1) is 11.9. The first kappa shape index (κ1) is 16.9. The maximum atomic E-state index is 5.94. The minimum absolute atomic E-state index is 0.130. The first-order valence-electron chi connectivity index (χ1n) is 8.32. The van der Waals surface area contributed by atoms with Crippen LogP contribution in [0, 0.1) is 0 Å². The van der Waals surface area contributed by atoms with Gasteiger partial charge in [0.25, 0.3) is 0 Å². The lowest BCUT2D eigenvalue weighted by Gasteiger charge is -2.19. The smallest absolute Gasteiger partial charge is 0.131 e. The van der Waals surface area contributed by atoms with Gasteiger partial charge in [0, 0.05) is 11.8 Å². The molecule has 0 saturated carbocycles. The molecule has 0 atom stereocenters. The highest BCUT2D eigenvalue weighted by Crippen LogP contribution is 2.30. The number of ether oxygens (including phenoxy) is 2. The SMILES string of the molecule is CC(C)(C)c1ccc(Oc2cccc(Oc3ccc(N)cc3)c2)cc1. The average molecular weight is 333 g/mol. The van der Waals surface area contributed by atoms with Crippen molar-refractivity contribution in [3.05, 3.63) is 78.4 Å². The number of hydrogen-bond acceptors (Lipinski definition) is 3. The maximum absolute atomic E-state index is 5.94. The zero-order valence-corrected chi connectivity index (χ0v) is 14.8. The lowest BCUT2D eigenvalue weighted by molar-refractivity contribution is 0.460. The molecule has 0 amide bonds. The van der Waals surface area contributed by atoms with Crippen LogP contribution in [0.1, 0.15) is 26.3 Å². The van der Waals surface area contributed by atoms with Crippen LogP contribution >= 0.6 is 0 Å². The lowest BCUT2D eigenvalue weighted by Crippen LogP contribution is -2.10. The van der Waals surface area contributed by atoms with Gasteiger partial charge in [-0.3, -0.25) is 0 Å². The van der Waals surface area contributed by atoms with Gasteiger partial charge in [0.05, 0.1) is 0 Å². The summed E-state index contributed by atoms with van der Waals surface area (Å²) in [7, 11) is 0. The van der Waals surface area contributed by atoms with E-state index in [-0.39, 0.29) is 5.41 Å². The Labute approximate surface area is 149 Å². The van der Waals surface area contributed by atoms with Crippen molar-refractivity contribution in [2.75, 3.05) is 5.73 Å². The molecule has 3 rings (SSSR count). The molecule has 3 aromatic rings. The molecule has 128 valence electrons. The van der Waals surface area contributed by atoms with Gasteiger partial charge in [-0.25, -0.2) is 0 Å². The van der Waals surface area contributed by atoms with Crippen LogP contribution in [-0.4, -0.2) is 0 Å². The van der Waals surface area contributed by atoms with Crippen LogP contribution in [0.3, 0.4) is 0 Å². The van der Waals surface area contributed by atoms with E-state index in [2.05, 4.69) is 32.9 Å². The van der Waals surface area contributed by atoms with Crippen LogP contribution in [0.2, 0.25) is 0 Å². The minimum Gasteiger partial charge on any atom is -0.457 e. The van der Waals surface area contributed by atoms with Gasteiger partial charge in [-0.1, -0.05) is 39.0 Å². The predicted molar refractivity (Wildman–Crippen MR) is 103 cm³/mol. The van der Waals surface area contributed by atoms with Gasteiger partial charge >= 0.3 is 0 Å². The van der Waals surface area contributed by atoms with E-state index in [9.17, 15) is 0 Å². The summed E-state index contributed by atoms with van der Waals surface area (Å²) in [5.41, 5.74) is 7.81. The van der Waals surface area contributed by atoms with E-state index in [1.165, 1.54) is 5.56 Å². The monoisotopic (exact) mass is 333 g/mol. The highest BCUT2D eigenvalue weighted by molar-refractivity contribution is 5.44. The van der Waals surface area contributed by atoms with E-state index in [4.69, 9.17) is 15.2 Å². The van der Waals surface area contributed by atoms with Crippen molar-refractivity contribution >= 4 is 5.69 Å². The molecule has 0 spiro atoms. The molecule has 3 aromatic carbocycles. The molecule has 0 unspecified atom stereocenters. The van der Waals surface area contributed by atoms with Crippen LogP contribution in [0.15, 0.2) is 72.8 Å². The number of rotatable bonds is 4. The number of nitrogen functional groups attached to an aromatic ring is 1. The van der Waals surface area contributed by atoms with Crippen molar-refractivity contribution in [3.8, 4) is 23.0 Å². The molecule has 0 heterocycles. The summed E-state index contributed by atoms with van der Waals surface area (Å²) in [4.78, 5) is 0. The Hall–Kier alpha value is -2.94. The molecular formula is C22H23NO2. The number of anilines is 1. The van der Waals surface area contributed by atoms with Crippen molar-refractivity contribution in [2.24, 2.45) is 0 Å². The summed E-state index contributed by atoms with van der Waals surface area (Å²) in [6, 6.07) is 23.1. The Morgan fingerprint density at radius 2 is 1.12 bits per heavy atom. The van der Waals surface area contributed by atoms with Gasteiger partial charge < -0.3 is 15.2 Å². The second kappa shape index (κ2) is 6.89. The topological polar surface area (TPSA) is 44.5 Å². The molecule has 0 saturated heterocycles. The zero-order valence-electron chi connectivity index (χ0n) is 14.8. The van der Waals surface area contributed by atoms with Crippen molar-refractivity contribution in [2.45, 2.75) is 26.2 Å². The Morgan fingerprint density at radius 1 is 0.640 bits per heavy atom. The molecule has 0 bridgehead atoms. The van der Waals surface area contributed by atoms with Crippen LogP contribution in [0.4, 0.5) is 5.69 Å². The van der Waals surface area contributed by atoms with Gasteiger partial charge in [-0.05, 0) is 59.5 Å². The molecule has 0 aliphatic rings. The lowest BCUT2D eigenvalue weighted by atomic mass is 9.87. The Bertz CT molecular complexity index is 831. The summed E-state index contributed by atoms with van der Waals surface area (Å²) >= 11 is 0. The minimum atomic E-state index is 0.130. The third-order valence-electron chi connectivity index (χ3n) is 3.88. The summed E-state index contributed by atoms with van der Waals surface area (Å²) in [5, 5.41) is 0. The average Bonchev–Trinajstić information content (AvgIpc) is 2.57. The van der Waals surface area contributed by atoms with E-state index in [1.54, 1.807) is 0 Å². The Kier molecular flexibility index (Phi) is 4.66. The second-order valence-corrected chi connectivity index (χ2v) is 7.02. The van der Waals surface area contributed by atoms with Crippen molar-refractivity contribution in [3.63, 3.8) is 0 Å². The molecule has 0 aliphatic carbocycles. The molecule has 0 aliphatic heterocycles. The third kappa shape index (κ3) is 4.54. The van der Waals surface area contributed by atoms with E-state index in [0.29, 0.717) is 11.4 Å². The normalized spacial score (nSPS) is 11.2. The summed E-state index contributed by atoms with van der Waals surface area (Å²) in [6.45, 7) is 6.59. The van der Waals surface area contributed by atoms with Crippen LogP contribution in [0.25, 0.3) is 0 Å². The van der Waals surface area contributed by atoms with Gasteiger partial charge in [0.15, 0.2) is 0 Å². The van der Waals surface area contributed by atoms with Crippen molar-refractivity contribution < 1.29 is 9.47 Å². The Balaban J connectivity index is 1.72. The van der Waals surface area contributed by atoms with Crippen molar-refractivity contribution in [1.82, 2.24) is 0 Å². The summed E-state index contributed by atoms with van der Waals surface area (Å²) < 4.78 is 11.8. The molecule has 0 aromatic heterocycles. The first-order valence-corrected chi connectivity index (χ1v) is 8.32. The molecule has 3 heteroatoms. The highest BCUT2D eigenvalue weighted by Gasteiger charge is 2.13. The van der Waals surface area contributed by atoms with Crippen molar-refractivity contribution in [1.29, 1.82) is 0 Å². The largest absolute Gasteiger partial charge is 0.457 e. The van der Waals surface area contributed by atoms with E-state index in [0.717, 1.165) is 17.2 Å². The highest BCUT2D eigenvalue weighted by atomic mass is 16.5. The Morgan fingerprint density at radius 3 is 1.60 bits per heavy atom. The van der Waals surface area contributed by atoms with Crippen LogP contribution < -0.4 is 15.2 Å². The summed E-state index contributed by atoms with van der Waals surface area (Å²) in [6.07, 6.45) is 0. The number of benzene rings is 3. The standard InChI is InChI=1S/C22H23NO2/c1-22(2,3)16-7-11-18(12-8-16)24-20-5-4-6-21(15-20)25-19-13-9-17(23)10-14-19/h4-15H,23H2,1-3H3. The molecular weight excluding hydrogens is 310 g/mol. The van der Waals surface area contributed by atoms with Gasteiger partial charge in [-0.2, -0.15) is 0 Å². The number of hydrogen-bond donors (Lipinski definition) is 1. The fourth-order valence-electron chi connectivity index (χ4n) is 2.43. The van der Waals surface area contributed by atoms with Gasteiger partial charge in [0.2, 0.25) is 0 Å². The molecule has 0 fully saturated rings. The van der Waals surface area contributed by atoms with Gasteiger partial charge in [-0.15, -0.1) is 0 Å². The fourth-order valence-corrected chi connectivity index (χ4v) is 2.43. The predicted octanol–water partition coefficient (Wildman–Crippen LogP) is 6.15. The maximum Gasteiger partial charge on any atom is 0.131 e. The molecule has 0 radical (unpaired) electrons. The molecule has 2 N–H and O–H groups in total. The zero-order chi connectivity index (χ0) is 17.9. The molecule has 3 nitrogen and oxygen atoms in total. The molecule has 25 heavy (non-hydrogen) atoms. The fraction of sp³-hybridized carbons (Fsp3) is 0.182.